The fraction of sp³-hybridized carbons (Fsp3) is 0.625. The molecule has 0 saturated carbocycles. The summed E-state index contributed by atoms with van der Waals surface area (Å²) in [6.07, 6.45) is 0. The molecule has 108 valence electrons. The number of rotatable bonds is 6. The predicted octanol–water partition coefficient (Wildman–Crippen LogP) is 2.53. The van der Waals surface area contributed by atoms with Crippen molar-refractivity contribution in [2.45, 2.75) is 46.1 Å². The van der Waals surface area contributed by atoms with Gasteiger partial charge in [0.2, 0.25) is 0 Å². The lowest BCUT2D eigenvalue weighted by atomic mass is 9.82. The van der Waals surface area contributed by atoms with E-state index in [2.05, 4.69) is 45.1 Å². The highest BCUT2D eigenvalue weighted by Crippen LogP contribution is 2.30. The zero-order chi connectivity index (χ0) is 14.6. The minimum absolute atomic E-state index is 0.0800. The molecule has 0 aromatic heterocycles. The second kappa shape index (κ2) is 6.40. The van der Waals surface area contributed by atoms with Crippen molar-refractivity contribution in [1.29, 1.82) is 0 Å². The number of hydrogen-bond acceptors (Lipinski definition) is 3. The summed E-state index contributed by atoms with van der Waals surface area (Å²) in [5, 5.41) is 3.43. The Bertz CT molecular complexity index is 402. The lowest BCUT2D eigenvalue weighted by Crippen LogP contribution is -2.39. The monoisotopic (exact) mass is 264 g/mol. The molecule has 3 nitrogen and oxygen atoms in total. The Labute approximate surface area is 117 Å². The van der Waals surface area contributed by atoms with Crippen LogP contribution in [-0.2, 0) is 5.41 Å². The van der Waals surface area contributed by atoms with Gasteiger partial charge in [0.05, 0.1) is 7.11 Å². The molecule has 0 radical (unpaired) electrons. The number of nitrogens with one attached hydrogen (secondary N) is 1. The fourth-order valence-electron chi connectivity index (χ4n) is 2.38. The van der Waals surface area contributed by atoms with Crippen molar-refractivity contribution in [3.05, 3.63) is 28.8 Å². The van der Waals surface area contributed by atoms with Crippen molar-refractivity contribution >= 4 is 0 Å². The number of benzene rings is 1. The van der Waals surface area contributed by atoms with E-state index in [1.807, 2.05) is 6.92 Å². The SMILES string of the molecule is COc1c(C)cc(C(C)(C)CNCC(C)N)cc1C. The minimum Gasteiger partial charge on any atom is -0.496 e. The van der Waals surface area contributed by atoms with Crippen LogP contribution in [0.2, 0.25) is 0 Å². The zero-order valence-electron chi connectivity index (χ0n) is 13.1. The van der Waals surface area contributed by atoms with Crippen molar-refractivity contribution in [3.63, 3.8) is 0 Å². The van der Waals surface area contributed by atoms with Gasteiger partial charge in [-0.2, -0.15) is 0 Å². The average Bonchev–Trinajstić information content (AvgIpc) is 2.27. The van der Waals surface area contributed by atoms with E-state index in [-0.39, 0.29) is 11.5 Å². The summed E-state index contributed by atoms with van der Waals surface area (Å²) in [4.78, 5) is 0. The lowest BCUT2D eigenvalue weighted by molar-refractivity contribution is 0.406. The Kier molecular flexibility index (Phi) is 5.39. The van der Waals surface area contributed by atoms with Gasteiger partial charge in [0.25, 0.3) is 0 Å². The molecule has 0 heterocycles. The van der Waals surface area contributed by atoms with Crippen molar-refractivity contribution in [2.24, 2.45) is 5.73 Å². The standard InChI is InChI=1S/C16H28N2O/c1-11-7-14(8-12(2)15(11)19-6)16(4,5)10-18-9-13(3)17/h7-8,13,18H,9-10,17H2,1-6H3. The highest BCUT2D eigenvalue weighted by Gasteiger charge is 2.22. The van der Waals surface area contributed by atoms with E-state index in [1.165, 1.54) is 16.7 Å². The Morgan fingerprint density at radius 1 is 1.26 bits per heavy atom. The molecule has 0 bridgehead atoms. The van der Waals surface area contributed by atoms with Gasteiger partial charge >= 0.3 is 0 Å². The summed E-state index contributed by atoms with van der Waals surface area (Å²) in [5.74, 6) is 0.989. The molecule has 0 amide bonds. The molecular formula is C16H28N2O. The largest absolute Gasteiger partial charge is 0.496 e. The zero-order valence-corrected chi connectivity index (χ0v) is 13.1. The van der Waals surface area contributed by atoms with E-state index in [4.69, 9.17) is 10.5 Å². The van der Waals surface area contributed by atoms with Gasteiger partial charge in [-0.25, -0.2) is 0 Å². The minimum atomic E-state index is 0.0800. The molecule has 0 aliphatic rings. The molecule has 19 heavy (non-hydrogen) atoms. The summed E-state index contributed by atoms with van der Waals surface area (Å²) in [6.45, 7) is 12.5. The molecule has 1 unspecified atom stereocenters. The van der Waals surface area contributed by atoms with Crippen molar-refractivity contribution in [3.8, 4) is 5.75 Å². The smallest absolute Gasteiger partial charge is 0.124 e. The number of nitrogens with two attached hydrogens (primary N) is 1. The van der Waals surface area contributed by atoms with E-state index in [1.54, 1.807) is 7.11 Å². The van der Waals surface area contributed by atoms with Crippen LogP contribution in [0.3, 0.4) is 0 Å². The van der Waals surface area contributed by atoms with Gasteiger partial charge in [-0.15, -0.1) is 0 Å². The molecule has 1 atom stereocenters. The van der Waals surface area contributed by atoms with Gasteiger partial charge in [-0.1, -0.05) is 26.0 Å². The van der Waals surface area contributed by atoms with Crippen LogP contribution in [0.15, 0.2) is 12.1 Å². The van der Waals surface area contributed by atoms with E-state index in [0.29, 0.717) is 0 Å². The molecule has 3 heteroatoms. The molecule has 0 aliphatic heterocycles. The number of hydrogen-bond donors (Lipinski definition) is 2. The third-order valence-corrected chi connectivity index (χ3v) is 3.48. The normalized spacial score (nSPS) is 13.4. The first-order valence-corrected chi connectivity index (χ1v) is 6.90. The van der Waals surface area contributed by atoms with Crippen LogP contribution in [0.5, 0.6) is 5.75 Å². The van der Waals surface area contributed by atoms with E-state index in [9.17, 15) is 0 Å². The van der Waals surface area contributed by atoms with Crippen LogP contribution in [0.25, 0.3) is 0 Å². The van der Waals surface area contributed by atoms with E-state index >= 15 is 0 Å². The van der Waals surface area contributed by atoms with Crippen LogP contribution in [0.1, 0.15) is 37.5 Å². The van der Waals surface area contributed by atoms with Gasteiger partial charge in [-0.3, -0.25) is 0 Å². The van der Waals surface area contributed by atoms with Gasteiger partial charge in [0, 0.05) is 24.5 Å². The number of aryl methyl sites for hydroxylation is 2. The van der Waals surface area contributed by atoms with Crippen LogP contribution < -0.4 is 15.8 Å². The molecule has 0 saturated heterocycles. The first-order chi connectivity index (χ1) is 8.77. The Hall–Kier alpha value is -1.06. The second-order valence-electron chi connectivity index (χ2n) is 6.14. The molecule has 0 aliphatic carbocycles. The maximum absolute atomic E-state index is 5.77. The summed E-state index contributed by atoms with van der Waals surface area (Å²) < 4.78 is 5.42. The van der Waals surface area contributed by atoms with Crippen molar-refractivity contribution in [2.75, 3.05) is 20.2 Å². The molecule has 1 aromatic rings. The second-order valence-corrected chi connectivity index (χ2v) is 6.14. The Balaban J connectivity index is 2.89. The van der Waals surface area contributed by atoms with Crippen LogP contribution in [-0.4, -0.2) is 26.2 Å². The fourth-order valence-corrected chi connectivity index (χ4v) is 2.38. The lowest BCUT2D eigenvalue weighted by Gasteiger charge is -2.28. The van der Waals surface area contributed by atoms with E-state index in [0.717, 1.165) is 18.8 Å². The highest BCUT2D eigenvalue weighted by atomic mass is 16.5. The Morgan fingerprint density at radius 2 is 1.79 bits per heavy atom. The molecule has 1 aromatic carbocycles. The summed E-state index contributed by atoms with van der Waals surface area (Å²) >= 11 is 0. The maximum atomic E-state index is 5.77. The van der Waals surface area contributed by atoms with E-state index < -0.39 is 0 Å². The summed E-state index contributed by atoms with van der Waals surface area (Å²) in [5.41, 5.74) is 9.57. The maximum Gasteiger partial charge on any atom is 0.124 e. The molecule has 1 rings (SSSR count). The van der Waals surface area contributed by atoms with Gasteiger partial charge in [0.15, 0.2) is 0 Å². The molecule has 3 N–H and O–H groups in total. The number of methoxy groups -OCH3 is 1. The quantitative estimate of drug-likeness (QED) is 0.830. The van der Waals surface area contributed by atoms with Crippen LogP contribution >= 0.6 is 0 Å². The highest BCUT2D eigenvalue weighted by molar-refractivity contribution is 5.45. The average molecular weight is 264 g/mol. The van der Waals surface area contributed by atoms with Gasteiger partial charge in [0.1, 0.15) is 5.75 Å². The third kappa shape index (κ3) is 4.22. The predicted molar refractivity (Wildman–Crippen MR) is 82.0 cm³/mol. The number of ether oxygens (including phenoxy) is 1. The van der Waals surface area contributed by atoms with Crippen molar-refractivity contribution in [1.82, 2.24) is 5.32 Å². The van der Waals surface area contributed by atoms with Crippen molar-refractivity contribution < 1.29 is 4.74 Å². The first kappa shape index (κ1) is 16.0. The third-order valence-electron chi connectivity index (χ3n) is 3.48. The van der Waals surface area contributed by atoms with Gasteiger partial charge in [-0.05, 0) is 37.5 Å². The summed E-state index contributed by atoms with van der Waals surface area (Å²) in [6, 6.07) is 4.63. The van der Waals surface area contributed by atoms with Gasteiger partial charge < -0.3 is 15.8 Å². The van der Waals surface area contributed by atoms with Crippen LogP contribution in [0.4, 0.5) is 0 Å². The topological polar surface area (TPSA) is 47.3 Å². The molecule has 0 spiro atoms. The first-order valence-electron chi connectivity index (χ1n) is 6.90. The molecule has 0 fully saturated rings. The van der Waals surface area contributed by atoms with Crippen LogP contribution in [0, 0.1) is 13.8 Å². The Morgan fingerprint density at radius 3 is 2.21 bits per heavy atom. The summed E-state index contributed by atoms with van der Waals surface area (Å²) in [7, 11) is 1.73. The molecular weight excluding hydrogens is 236 g/mol.